The fourth-order valence-electron chi connectivity index (χ4n) is 3.74. The van der Waals surface area contributed by atoms with E-state index in [1.54, 1.807) is 60.7 Å². The molecule has 4 aromatic carbocycles. The Morgan fingerprint density at radius 2 is 0.833 bits per heavy atom. The summed E-state index contributed by atoms with van der Waals surface area (Å²) in [6, 6.07) is 22.6. The molecule has 4 rings (SSSR count). The molecule has 4 N–H and O–H groups in total. The maximum Gasteiger partial charge on any atom is 0.323 e. The zero-order valence-electron chi connectivity index (χ0n) is 21.5. The first-order chi connectivity index (χ1) is 19.9. The van der Waals surface area contributed by atoms with E-state index in [1.165, 1.54) is 24.3 Å². The molecule has 0 fully saturated rings. The summed E-state index contributed by atoms with van der Waals surface area (Å²) in [4.78, 5) is 23.2. The predicted molar refractivity (Wildman–Crippen MR) is 156 cm³/mol. The highest BCUT2D eigenvalue weighted by Gasteiger charge is 2.13. The molecular formula is C28H22N4O8S2-2. The van der Waals surface area contributed by atoms with Gasteiger partial charge in [-0.1, -0.05) is 60.7 Å². The SMILES string of the molecule is O=C(Nc1ccccc1)Nc1ccc(C=Cc2ccc(NC(=O)Nc3ccccc3)cc2S(=O)(=O)[O-])c(S(=O)(=O)[O-])c1. The van der Waals surface area contributed by atoms with Gasteiger partial charge < -0.3 is 30.4 Å². The van der Waals surface area contributed by atoms with Crippen molar-refractivity contribution >= 4 is 67.2 Å². The number of para-hydroxylation sites is 2. The van der Waals surface area contributed by atoms with Gasteiger partial charge in [-0.05, 0) is 59.7 Å². The van der Waals surface area contributed by atoms with Gasteiger partial charge in [0.05, 0.1) is 9.79 Å². The number of carbonyl (C=O) groups excluding carboxylic acids is 2. The van der Waals surface area contributed by atoms with Gasteiger partial charge in [-0.2, -0.15) is 0 Å². The van der Waals surface area contributed by atoms with Gasteiger partial charge in [0.15, 0.2) is 0 Å². The van der Waals surface area contributed by atoms with Gasteiger partial charge in [0.25, 0.3) is 0 Å². The van der Waals surface area contributed by atoms with Crippen molar-refractivity contribution in [2.75, 3.05) is 21.3 Å². The molecular weight excluding hydrogens is 584 g/mol. The third kappa shape index (κ3) is 8.25. The van der Waals surface area contributed by atoms with Gasteiger partial charge in [0.1, 0.15) is 20.2 Å². The lowest BCUT2D eigenvalue weighted by molar-refractivity contribution is 0.261. The number of urea groups is 2. The van der Waals surface area contributed by atoms with Crippen LogP contribution in [0, 0.1) is 0 Å². The molecule has 4 amide bonds. The summed E-state index contributed by atoms with van der Waals surface area (Å²) >= 11 is 0. The summed E-state index contributed by atoms with van der Waals surface area (Å²) in [5, 5.41) is 9.96. The fourth-order valence-corrected chi connectivity index (χ4v) is 5.13. The van der Waals surface area contributed by atoms with Gasteiger partial charge in [-0.3, -0.25) is 0 Å². The van der Waals surface area contributed by atoms with E-state index in [0.717, 1.165) is 24.3 Å². The van der Waals surface area contributed by atoms with E-state index in [0.29, 0.717) is 11.4 Å². The molecule has 0 aliphatic rings. The van der Waals surface area contributed by atoms with E-state index >= 15 is 0 Å². The van der Waals surface area contributed by atoms with Crippen molar-refractivity contribution in [3.8, 4) is 0 Å². The van der Waals surface area contributed by atoms with Crippen LogP contribution < -0.4 is 21.3 Å². The summed E-state index contributed by atoms with van der Waals surface area (Å²) in [5.74, 6) is 0. The average molecular weight is 607 g/mol. The first-order valence-corrected chi connectivity index (χ1v) is 14.8. The largest absolute Gasteiger partial charge is 0.744 e. The Morgan fingerprint density at radius 1 is 0.500 bits per heavy atom. The van der Waals surface area contributed by atoms with Crippen molar-refractivity contribution < 1.29 is 35.5 Å². The molecule has 0 saturated heterocycles. The number of nitrogens with one attached hydrogen (secondary N) is 4. The van der Waals surface area contributed by atoms with E-state index in [4.69, 9.17) is 0 Å². The molecule has 216 valence electrons. The molecule has 12 nitrogen and oxygen atoms in total. The van der Waals surface area contributed by atoms with Gasteiger partial charge in [0, 0.05) is 22.7 Å². The third-order valence-electron chi connectivity index (χ3n) is 5.59. The topological polar surface area (TPSA) is 197 Å². The summed E-state index contributed by atoms with van der Waals surface area (Å²) in [6.07, 6.45) is 2.27. The Balaban J connectivity index is 1.57. The molecule has 0 aliphatic heterocycles. The maximum absolute atomic E-state index is 12.3. The average Bonchev–Trinajstić information content (AvgIpc) is 2.92. The molecule has 0 aromatic heterocycles. The van der Waals surface area contributed by atoms with E-state index in [1.807, 2.05) is 0 Å². The van der Waals surface area contributed by atoms with Crippen LogP contribution in [0.2, 0.25) is 0 Å². The molecule has 0 unspecified atom stereocenters. The third-order valence-corrected chi connectivity index (χ3v) is 7.37. The lowest BCUT2D eigenvalue weighted by Crippen LogP contribution is -2.19. The molecule has 42 heavy (non-hydrogen) atoms. The monoisotopic (exact) mass is 606 g/mol. The van der Waals surface area contributed by atoms with Gasteiger partial charge >= 0.3 is 12.1 Å². The number of benzene rings is 4. The van der Waals surface area contributed by atoms with Crippen LogP contribution in [-0.4, -0.2) is 38.0 Å². The lowest BCUT2D eigenvalue weighted by Gasteiger charge is -2.15. The predicted octanol–water partition coefficient (Wildman–Crippen LogP) is 4.95. The highest BCUT2D eigenvalue weighted by atomic mass is 32.2. The molecule has 0 spiro atoms. The molecule has 14 heteroatoms. The number of amides is 4. The van der Waals surface area contributed by atoms with Crippen molar-refractivity contribution in [3.63, 3.8) is 0 Å². The lowest BCUT2D eigenvalue weighted by atomic mass is 10.1. The molecule has 0 radical (unpaired) electrons. The van der Waals surface area contributed by atoms with Crippen LogP contribution in [-0.2, 0) is 20.2 Å². The zero-order valence-corrected chi connectivity index (χ0v) is 23.1. The van der Waals surface area contributed by atoms with E-state index in [-0.39, 0.29) is 22.5 Å². The number of hydrogen-bond donors (Lipinski definition) is 4. The van der Waals surface area contributed by atoms with E-state index in [9.17, 15) is 35.5 Å². The Bertz CT molecular complexity index is 1730. The van der Waals surface area contributed by atoms with Crippen molar-refractivity contribution in [1.82, 2.24) is 0 Å². The van der Waals surface area contributed by atoms with Crippen molar-refractivity contribution in [2.45, 2.75) is 9.79 Å². The Labute approximate surface area is 241 Å². The summed E-state index contributed by atoms with van der Waals surface area (Å²) in [7, 11) is -10.1. The fraction of sp³-hybridized carbons (Fsp3) is 0. The van der Waals surface area contributed by atoms with E-state index < -0.39 is 42.1 Å². The van der Waals surface area contributed by atoms with Crippen LogP contribution in [0.4, 0.5) is 32.3 Å². The van der Waals surface area contributed by atoms with Crippen LogP contribution in [0.3, 0.4) is 0 Å². The molecule has 4 aromatic rings. The highest BCUT2D eigenvalue weighted by Crippen LogP contribution is 2.26. The summed E-state index contributed by atoms with van der Waals surface area (Å²) in [6.45, 7) is 0. The quantitative estimate of drug-likeness (QED) is 0.159. The molecule has 0 heterocycles. The minimum Gasteiger partial charge on any atom is -0.744 e. The molecule has 0 aliphatic carbocycles. The van der Waals surface area contributed by atoms with Crippen LogP contribution in [0.1, 0.15) is 11.1 Å². The number of hydrogen-bond acceptors (Lipinski definition) is 8. The second kappa shape index (κ2) is 12.7. The first-order valence-electron chi connectivity index (χ1n) is 12.0. The van der Waals surface area contributed by atoms with Gasteiger partial charge in [0.2, 0.25) is 0 Å². The van der Waals surface area contributed by atoms with E-state index in [2.05, 4.69) is 21.3 Å². The standard InChI is InChI=1S/C28H24N4O8S2/c33-27(29-21-7-3-1-4-8-21)31-23-15-13-19(25(17-23)41(35,36)37)11-12-20-14-16-24(18-26(20)42(38,39)40)32-28(34)30-22-9-5-2-6-10-22/h1-18H,(H2,29,31,33)(H2,30,32,34)(H,35,36,37)(H,38,39,40)/p-2. The minimum atomic E-state index is -5.05. The van der Waals surface area contributed by atoms with Crippen LogP contribution in [0.5, 0.6) is 0 Å². The van der Waals surface area contributed by atoms with Crippen molar-refractivity contribution in [2.24, 2.45) is 0 Å². The number of carbonyl (C=O) groups is 2. The molecule has 0 bridgehead atoms. The van der Waals surface area contributed by atoms with Crippen LogP contribution in [0.15, 0.2) is 107 Å². The smallest absolute Gasteiger partial charge is 0.323 e. The normalized spacial score (nSPS) is 11.6. The van der Waals surface area contributed by atoms with Crippen molar-refractivity contribution in [3.05, 3.63) is 108 Å². The summed E-state index contributed by atoms with van der Waals surface area (Å²) in [5.41, 5.74) is 0.710. The Hall–Kier alpha value is -5.02. The highest BCUT2D eigenvalue weighted by molar-refractivity contribution is 7.86. The summed E-state index contributed by atoms with van der Waals surface area (Å²) < 4.78 is 71.9. The molecule has 0 atom stereocenters. The first kappa shape index (κ1) is 30.0. The Morgan fingerprint density at radius 3 is 1.17 bits per heavy atom. The van der Waals surface area contributed by atoms with Gasteiger partial charge in [-0.15, -0.1) is 0 Å². The number of rotatable bonds is 8. The minimum absolute atomic E-state index is 0.00189. The van der Waals surface area contributed by atoms with Gasteiger partial charge in [-0.25, -0.2) is 26.4 Å². The second-order valence-electron chi connectivity index (χ2n) is 8.64. The maximum atomic E-state index is 12.3. The second-order valence-corrected chi connectivity index (χ2v) is 11.3. The van der Waals surface area contributed by atoms with Crippen LogP contribution in [0.25, 0.3) is 12.2 Å². The Kier molecular flexibility index (Phi) is 9.02. The molecule has 0 saturated carbocycles. The number of anilines is 4. The van der Waals surface area contributed by atoms with Crippen LogP contribution >= 0.6 is 0 Å². The van der Waals surface area contributed by atoms with Crippen molar-refractivity contribution in [1.29, 1.82) is 0 Å². The zero-order chi connectivity index (χ0) is 30.3.